The number of benzene rings is 1. The van der Waals surface area contributed by atoms with Gasteiger partial charge in [0.1, 0.15) is 5.82 Å². The molecular formula is C11H15ClFNO2S. The molecule has 0 amide bonds. The van der Waals surface area contributed by atoms with Gasteiger partial charge in [0.05, 0.1) is 10.8 Å². The monoisotopic (exact) mass is 279 g/mol. The lowest BCUT2D eigenvalue weighted by Crippen LogP contribution is -2.30. The van der Waals surface area contributed by atoms with Crippen LogP contribution < -0.4 is 4.72 Å². The average Bonchev–Trinajstić information content (AvgIpc) is 2.19. The van der Waals surface area contributed by atoms with E-state index < -0.39 is 15.8 Å². The Hall–Kier alpha value is -0.650. The predicted octanol–water partition coefficient (Wildman–Crippen LogP) is 2.56. The van der Waals surface area contributed by atoms with Gasteiger partial charge in [0.15, 0.2) is 0 Å². The highest BCUT2D eigenvalue weighted by atomic mass is 35.5. The first-order valence-corrected chi connectivity index (χ1v) is 7.17. The summed E-state index contributed by atoms with van der Waals surface area (Å²) >= 11 is 5.58. The number of aryl methyl sites for hydroxylation is 1. The van der Waals surface area contributed by atoms with Crippen molar-refractivity contribution in [2.45, 2.75) is 37.6 Å². The minimum Gasteiger partial charge on any atom is -0.209 e. The van der Waals surface area contributed by atoms with Gasteiger partial charge in [-0.15, -0.1) is 11.6 Å². The smallest absolute Gasteiger partial charge is 0.209 e. The van der Waals surface area contributed by atoms with Gasteiger partial charge in [-0.2, -0.15) is 0 Å². The van der Waals surface area contributed by atoms with Gasteiger partial charge in [0.25, 0.3) is 0 Å². The zero-order valence-corrected chi connectivity index (χ0v) is 11.5. The zero-order chi connectivity index (χ0) is 13.2. The summed E-state index contributed by atoms with van der Waals surface area (Å²) in [6.07, 6.45) is 0. The Labute approximate surface area is 106 Å². The van der Waals surface area contributed by atoms with Crippen molar-refractivity contribution in [2.75, 3.05) is 0 Å². The van der Waals surface area contributed by atoms with Gasteiger partial charge >= 0.3 is 0 Å². The fourth-order valence-electron chi connectivity index (χ4n) is 1.44. The zero-order valence-electron chi connectivity index (χ0n) is 9.92. The van der Waals surface area contributed by atoms with Gasteiger partial charge in [-0.1, -0.05) is 0 Å². The summed E-state index contributed by atoms with van der Waals surface area (Å²) in [5, 5.41) is 0. The van der Waals surface area contributed by atoms with E-state index in [0.29, 0.717) is 0 Å². The quantitative estimate of drug-likeness (QED) is 0.861. The molecule has 0 atom stereocenters. The molecule has 0 bridgehead atoms. The normalized spacial score (nSPS) is 12.1. The first kappa shape index (κ1) is 14.4. The van der Waals surface area contributed by atoms with Crippen LogP contribution >= 0.6 is 11.6 Å². The molecule has 3 nitrogen and oxygen atoms in total. The van der Waals surface area contributed by atoms with Crippen LogP contribution in [-0.4, -0.2) is 14.5 Å². The first-order chi connectivity index (χ1) is 7.77. The minimum atomic E-state index is -3.61. The molecule has 17 heavy (non-hydrogen) atoms. The molecule has 0 aromatic heterocycles. The highest BCUT2D eigenvalue weighted by Gasteiger charge is 2.18. The summed E-state index contributed by atoms with van der Waals surface area (Å²) < 4.78 is 39.8. The van der Waals surface area contributed by atoms with E-state index in [1.165, 1.54) is 19.1 Å². The molecule has 0 saturated carbocycles. The summed E-state index contributed by atoms with van der Waals surface area (Å²) in [6, 6.07) is 2.35. The van der Waals surface area contributed by atoms with E-state index in [1.807, 2.05) is 0 Å². The Morgan fingerprint density at radius 3 is 2.47 bits per heavy atom. The number of hydrogen-bond acceptors (Lipinski definition) is 2. The lowest BCUT2D eigenvalue weighted by Gasteiger charge is -2.12. The van der Waals surface area contributed by atoms with Gasteiger partial charge < -0.3 is 0 Å². The number of nitrogens with one attached hydrogen (secondary N) is 1. The number of rotatable bonds is 4. The maximum absolute atomic E-state index is 13.5. The van der Waals surface area contributed by atoms with Crippen molar-refractivity contribution >= 4 is 21.6 Å². The second kappa shape index (κ2) is 5.33. The molecule has 0 heterocycles. The molecule has 1 aromatic rings. The highest BCUT2D eigenvalue weighted by Crippen LogP contribution is 2.20. The molecule has 0 aliphatic carbocycles. The second-order valence-corrected chi connectivity index (χ2v) is 6.10. The van der Waals surface area contributed by atoms with Crippen LogP contribution in [0.1, 0.15) is 25.0 Å². The van der Waals surface area contributed by atoms with Crippen molar-refractivity contribution in [1.29, 1.82) is 0 Å². The Morgan fingerprint density at radius 2 is 2.00 bits per heavy atom. The predicted molar refractivity (Wildman–Crippen MR) is 66.2 cm³/mol. The molecule has 1 N–H and O–H groups in total. The SMILES string of the molecule is Cc1cc(S(=O)(=O)NC(C)C)cc(CCl)c1F. The van der Waals surface area contributed by atoms with Crippen LogP contribution in [0.3, 0.4) is 0 Å². The maximum atomic E-state index is 13.5. The van der Waals surface area contributed by atoms with Crippen LogP contribution in [0.4, 0.5) is 4.39 Å². The van der Waals surface area contributed by atoms with E-state index >= 15 is 0 Å². The Bertz CT molecular complexity index is 514. The summed E-state index contributed by atoms with van der Waals surface area (Å²) in [7, 11) is -3.61. The summed E-state index contributed by atoms with van der Waals surface area (Å²) in [4.78, 5) is 0.0424. The third-order valence-electron chi connectivity index (χ3n) is 2.15. The summed E-state index contributed by atoms with van der Waals surface area (Å²) in [5.74, 6) is -0.513. The molecule has 0 spiro atoms. The number of sulfonamides is 1. The highest BCUT2D eigenvalue weighted by molar-refractivity contribution is 7.89. The van der Waals surface area contributed by atoms with Gasteiger partial charge in [-0.3, -0.25) is 0 Å². The van der Waals surface area contributed by atoms with Crippen LogP contribution in [-0.2, 0) is 15.9 Å². The lowest BCUT2D eigenvalue weighted by atomic mass is 10.1. The average molecular weight is 280 g/mol. The van der Waals surface area contributed by atoms with Crippen LogP contribution in [0.5, 0.6) is 0 Å². The van der Waals surface area contributed by atoms with E-state index in [0.717, 1.165) is 0 Å². The van der Waals surface area contributed by atoms with Crippen molar-refractivity contribution in [3.05, 3.63) is 29.1 Å². The van der Waals surface area contributed by atoms with Crippen LogP contribution in [0, 0.1) is 12.7 Å². The van der Waals surface area contributed by atoms with E-state index in [4.69, 9.17) is 11.6 Å². The number of hydrogen-bond donors (Lipinski definition) is 1. The summed E-state index contributed by atoms with van der Waals surface area (Å²) in [5.41, 5.74) is 0.461. The molecular weight excluding hydrogens is 265 g/mol. The molecule has 6 heteroatoms. The standard InChI is InChI=1S/C11H15ClFNO2S/c1-7(2)14-17(15,16)10-4-8(3)11(13)9(5-10)6-12/h4-5,7,14H,6H2,1-3H3. The van der Waals surface area contributed by atoms with Crippen LogP contribution in [0.15, 0.2) is 17.0 Å². The van der Waals surface area contributed by atoms with E-state index in [9.17, 15) is 12.8 Å². The van der Waals surface area contributed by atoms with Crippen molar-refractivity contribution in [1.82, 2.24) is 4.72 Å². The molecule has 0 aliphatic rings. The molecule has 1 aromatic carbocycles. The molecule has 0 saturated heterocycles. The Balaban J connectivity index is 3.29. The maximum Gasteiger partial charge on any atom is 0.240 e. The number of alkyl halides is 1. The molecule has 0 aliphatic heterocycles. The molecule has 0 radical (unpaired) electrons. The fourth-order valence-corrected chi connectivity index (χ4v) is 3.02. The molecule has 96 valence electrons. The van der Waals surface area contributed by atoms with Crippen molar-refractivity contribution in [3.63, 3.8) is 0 Å². The van der Waals surface area contributed by atoms with Gasteiger partial charge in [0.2, 0.25) is 10.0 Å². The molecule has 0 fully saturated rings. The third kappa shape index (κ3) is 3.40. The Kier molecular flexibility index (Phi) is 4.52. The lowest BCUT2D eigenvalue weighted by molar-refractivity contribution is 0.568. The fraction of sp³-hybridized carbons (Fsp3) is 0.455. The largest absolute Gasteiger partial charge is 0.240 e. The van der Waals surface area contributed by atoms with Crippen molar-refractivity contribution < 1.29 is 12.8 Å². The van der Waals surface area contributed by atoms with Crippen LogP contribution in [0.2, 0.25) is 0 Å². The van der Waals surface area contributed by atoms with Crippen molar-refractivity contribution in [3.8, 4) is 0 Å². The third-order valence-corrected chi connectivity index (χ3v) is 4.07. The molecule has 0 unspecified atom stereocenters. The van der Waals surface area contributed by atoms with E-state index in [-0.39, 0.29) is 27.9 Å². The van der Waals surface area contributed by atoms with Gasteiger partial charge in [-0.05, 0) is 38.5 Å². The summed E-state index contributed by atoms with van der Waals surface area (Å²) in [6.45, 7) is 4.95. The topological polar surface area (TPSA) is 46.2 Å². The first-order valence-electron chi connectivity index (χ1n) is 5.15. The Morgan fingerprint density at radius 1 is 1.41 bits per heavy atom. The number of halogens is 2. The van der Waals surface area contributed by atoms with Crippen molar-refractivity contribution in [2.24, 2.45) is 0 Å². The molecule has 1 rings (SSSR count). The van der Waals surface area contributed by atoms with E-state index in [2.05, 4.69) is 4.72 Å². The van der Waals surface area contributed by atoms with Crippen LogP contribution in [0.25, 0.3) is 0 Å². The second-order valence-electron chi connectivity index (χ2n) is 4.12. The minimum absolute atomic E-state index is 0.0424. The van der Waals surface area contributed by atoms with Gasteiger partial charge in [-0.25, -0.2) is 17.5 Å². The van der Waals surface area contributed by atoms with Gasteiger partial charge in [0, 0.05) is 11.6 Å². The van der Waals surface area contributed by atoms with E-state index in [1.54, 1.807) is 13.8 Å².